The number of nitrogens with zero attached hydrogens (tertiary/aromatic N) is 2. The SMILES string of the molecule is CCCn1c(-c2ccccc2NC)nc2ccc(F)cc21. The molecular formula is C17H18FN3. The van der Waals surface area contributed by atoms with Crippen molar-refractivity contribution in [3.8, 4) is 11.4 Å². The highest BCUT2D eigenvalue weighted by atomic mass is 19.1. The van der Waals surface area contributed by atoms with Crippen LogP contribution in [0.5, 0.6) is 0 Å². The molecular weight excluding hydrogens is 265 g/mol. The van der Waals surface area contributed by atoms with Crippen molar-refractivity contribution < 1.29 is 4.39 Å². The van der Waals surface area contributed by atoms with Gasteiger partial charge in [-0.25, -0.2) is 9.37 Å². The molecule has 0 amide bonds. The summed E-state index contributed by atoms with van der Waals surface area (Å²) < 4.78 is 15.7. The Balaban J connectivity index is 2.28. The van der Waals surface area contributed by atoms with Gasteiger partial charge in [-0.2, -0.15) is 0 Å². The molecule has 0 atom stereocenters. The quantitative estimate of drug-likeness (QED) is 0.774. The summed E-state index contributed by atoms with van der Waals surface area (Å²) in [5, 5.41) is 3.19. The molecule has 0 unspecified atom stereocenters. The minimum atomic E-state index is -0.229. The van der Waals surface area contributed by atoms with Gasteiger partial charge in [0.2, 0.25) is 0 Å². The molecule has 0 bridgehead atoms. The van der Waals surface area contributed by atoms with Crippen LogP contribution >= 0.6 is 0 Å². The number of para-hydroxylation sites is 1. The number of halogens is 1. The van der Waals surface area contributed by atoms with E-state index in [4.69, 9.17) is 4.98 Å². The van der Waals surface area contributed by atoms with Crippen LogP contribution in [0.3, 0.4) is 0 Å². The minimum absolute atomic E-state index is 0.229. The largest absolute Gasteiger partial charge is 0.388 e. The summed E-state index contributed by atoms with van der Waals surface area (Å²) in [7, 11) is 1.89. The molecule has 0 fully saturated rings. The van der Waals surface area contributed by atoms with E-state index in [2.05, 4.69) is 16.8 Å². The zero-order chi connectivity index (χ0) is 14.8. The van der Waals surface area contributed by atoms with E-state index < -0.39 is 0 Å². The first-order valence-electron chi connectivity index (χ1n) is 7.17. The molecule has 1 aromatic heterocycles. The summed E-state index contributed by atoms with van der Waals surface area (Å²) in [6, 6.07) is 12.8. The number of imidazole rings is 1. The third kappa shape index (κ3) is 2.37. The van der Waals surface area contributed by atoms with Crippen molar-refractivity contribution in [2.24, 2.45) is 0 Å². The monoisotopic (exact) mass is 283 g/mol. The van der Waals surface area contributed by atoms with Crippen molar-refractivity contribution in [2.45, 2.75) is 19.9 Å². The van der Waals surface area contributed by atoms with Crippen LogP contribution in [-0.2, 0) is 6.54 Å². The predicted octanol–water partition coefficient (Wildman–Crippen LogP) is 4.29. The number of hydrogen-bond donors (Lipinski definition) is 1. The molecule has 1 heterocycles. The van der Waals surface area contributed by atoms with Crippen LogP contribution in [0.1, 0.15) is 13.3 Å². The van der Waals surface area contributed by atoms with Crippen LogP contribution in [0.15, 0.2) is 42.5 Å². The van der Waals surface area contributed by atoms with Crippen molar-refractivity contribution in [1.82, 2.24) is 9.55 Å². The van der Waals surface area contributed by atoms with Crippen LogP contribution in [0.4, 0.5) is 10.1 Å². The Bertz CT molecular complexity index is 777. The standard InChI is InChI=1S/C17H18FN3/c1-3-10-21-16-11-12(18)8-9-15(16)20-17(21)13-6-4-5-7-14(13)19-2/h4-9,11,19H,3,10H2,1-2H3. The Kier molecular flexibility index (Phi) is 3.60. The molecule has 21 heavy (non-hydrogen) atoms. The van der Waals surface area contributed by atoms with Crippen molar-refractivity contribution in [3.05, 3.63) is 48.3 Å². The van der Waals surface area contributed by atoms with Gasteiger partial charge in [0.15, 0.2) is 0 Å². The Morgan fingerprint density at radius 3 is 2.76 bits per heavy atom. The van der Waals surface area contributed by atoms with Gasteiger partial charge in [0.1, 0.15) is 11.6 Å². The first-order valence-corrected chi connectivity index (χ1v) is 7.17. The summed E-state index contributed by atoms with van der Waals surface area (Å²) in [6.07, 6.45) is 0.969. The molecule has 0 aliphatic heterocycles. The summed E-state index contributed by atoms with van der Waals surface area (Å²) in [5.74, 6) is 0.649. The number of hydrogen-bond acceptors (Lipinski definition) is 2. The van der Waals surface area contributed by atoms with E-state index in [1.165, 1.54) is 6.07 Å². The lowest BCUT2D eigenvalue weighted by atomic mass is 10.1. The molecule has 0 spiro atoms. The van der Waals surface area contributed by atoms with Crippen LogP contribution in [0.25, 0.3) is 22.4 Å². The van der Waals surface area contributed by atoms with Crippen molar-refractivity contribution in [1.29, 1.82) is 0 Å². The highest BCUT2D eigenvalue weighted by Gasteiger charge is 2.15. The van der Waals surface area contributed by atoms with Crippen LogP contribution < -0.4 is 5.32 Å². The average molecular weight is 283 g/mol. The maximum absolute atomic E-state index is 13.6. The molecule has 108 valence electrons. The van der Waals surface area contributed by atoms with Gasteiger partial charge < -0.3 is 9.88 Å². The van der Waals surface area contributed by atoms with Gasteiger partial charge in [0, 0.05) is 24.8 Å². The first-order chi connectivity index (χ1) is 10.2. The van der Waals surface area contributed by atoms with Gasteiger partial charge in [0.25, 0.3) is 0 Å². The van der Waals surface area contributed by atoms with E-state index >= 15 is 0 Å². The van der Waals surface area contributed by atoms with Crippen LogP contribution in [-0.4, -0.2) is 16.6 Å². The number of aryl methyl sites for hydroxylation is 1. The maximum atomic E-state index is 13.6. The molecule has 3 nitrogen and oxygen atoms in total. The topological polar surface area (TPSA) is 29.9 Å². The number of nitrogens with one attached hydrogen (secondary N) is 1. The van der Waals surface area contributed by atoms with Crippen LogP contribution in [0, 0.1) is 5.82 Å². The summed E-state index contributed by atoms with van der Waals surface area (Å²) in [4.78, 5) is 4.71. The molecule has 4 heteroatoms. The third-order valence-corrected chi connectivity index (χ3v) is 3.59. The van der Waals surface area contributed by atoms with Crippen molar-refractivity contribution in [3.63, 3.8) is 0 Å². The van der Waals surface area contributed by atoms with Gasteiger partial charge in [-0.15, -0.1) is 0 Å². The Labute approximate surface area is 123 Å². The maximum Gasteiger partial charge on any atom is 0.143 e. The Morgan fingerprint density at radius 1 is 1.19 bits per heavy atom. The third-order valence-electron chi connectivity index (χ3n) is 3.59. The molecule has 3 rings (SSSR count). The molecule has 0 aliphatic rings. The molecule has 0 aliphatic carbocycles. The zero-order valence-electron chi connectivity index (χ0n) is 12.2. The lowest BCUT2D eigenvalue weighted by Gasteiger charge is -2.11. The molecule has 0 saturated heterocycles. The van der Waals surface area contributed by atoms with Gasteiger partial charge in [0.05, 0.1) is 11.0 Å². The summed E-state index contributed by atoms with van der Waals surface area (Å²) >= 11 is 0. The van der Waals surface area contributed by atoms with Crippen molar-refractivity contribution in [2.75, 3.05) is 12.4 Å². The number of rotatable bonds is 4. The van der Waals surface area contributed by atoms with Crippen LogP contribution in [0.2, 0.25) is 0 Å². The van der Waals surface area contributed by atoms with E-state index in [1.54, 1.807) is 12.1 Å². The van der Waals surface area contributed by atoms with Gasteiger partial charge in [-0.3, -0.25) is 0 Å². The number of anilines is 1. The number of fused-ring (bicyclic) bond motifs is 1. The second-order valence-corrected chi connectivity index (χ2v) is 5.02. The number of benzene rings is 2. The molecule has 0 radical (unpaired) electrons. The van der Waals surface area contributed by atoms with E-state index in [0.29, 0.717) is 0 Å². The van der Waals surface area contributed by atoms with Crippen molar-refractivity contribution >= 4 is 16.7 Å². The normalized spacial score (nSPS) is 11.0. The second kappa shape index (κ2) is 5.56. The molecule has 0 saturated carbocycles. The first kappa shape index (κ1) is 13.6. The fourth-order valence-electron chi connectivity index (χ4n) is 2.65. The number of aromatic nitrogens is 2. The highest BCUT2D eigenvalue weighted by Crippen LogP contribution is 2.30. The lowest BCUT2D eigenvalue weighted by Crippen LogP contribution is -2.02. The Morgan fingerprint density at radius 2 is 2.00 bits per heavy atom. The predicted molar refractivity (Wildman–Crippen MR) is 85.0 cm³/mol. The zero-order valence-corrected chi connectivity index (χ0v) is 12.2. The van der Waals surface area contributed by atoms with Gasteiger partial charge in [-0.05, 0) is 36.8 Å². The van der Waals surface area contributed by atoms with Gasteiger partial charge >= 0.3 is 0 Å². The summed E-state index contributed by atoms with van der Waals surface area (Å²) in [6.45, 7) is 2.92. The fraction of sp³-hybridized carbons (Fsp3) is 0.235. The van der Waals surface area contributed by atoms with E-state index in [-0.39, 0.29) is 5.82 Å². The van der Waals surface area contributed by atoms with Gasteiger partial charge in [-0.1, -0.05) is 19.1 Å². The molecule has 1 N–H and O–H groups in total. The minimum Gasteiger partial charge on any atom is -0.388 e. The molecule has 3 aromatic rings. The highest BCUT2D eigenvalue weighted by molar-refractivity contribution is 5.84. The molecule has 2 aromatic carbocycles. The summed E-state index contributed by atoms with van der Waals surface area (Å²) in [5.41, 5.74) is 3.72. The smallest absolute Gasteiger partial charge is 0.143 e. The van der Waals surface area contributed by atoms with E-state index in [1.807, 2.05) is 31.3 Å². The lowest BCUT2D eigenvalue weighted by molar-refractivity contribution is 0.627. The van der Waals surface area contributed by atoms with E-state index in [0.717, 1.165) is 41.1 Å². The second-order valence-electron chi connectivity index (χ2n) is 5.02. The van der Waals surface area contributed by atoms with E-state index in [9.17, 15) is 4.39 Å². The average Bonchev–Trinajstić information content (AvgIpc) is 2.86. The fourth-order valence-corrected chi connectivity index (χ4v) is 2.65. The Hall–Kier alpha value is -2.36.